The Morgan fingerprint density at radius 2 is 1.81 bits per heavy atom. The zero-order valence-electron chi connectivity index (χ0n) is 15.2. The predicted molar refractivity (Wildman–Crippen MR) is 104 cm³/mol. The van der Waals surface area contributed by atoms with Gasteiger partial charge in [-0.1, -0.05) is 54.4 Å². The van der Waals surface area contributed by atoms with Crippen molar-refractivity contribution in [2.24, 2.45) is 5.92 Å². The maximum absolute atomic E-state index is 12.5. The van der Waals surface area contributed by atoms with E-state index < -0.39 is 0 Å². The molecule has 3 aromatic rings. The first-order valence-electron chi connectivity index (χ1n) is 9.16. The Labute approximate surface area is 153 Å². The first-order chi connectivity index (χ1) is 12.6. The van der Waals surface area contributed by atoms with E-state index >= 15 is 0 Å². The predicted octanol–water partition coefficient (Wildman–Crippen LogP) is 4.89. The average Bonchev–Trinajstić information content (AvgIpc) is 2.98. The molecular weight excluding hydrogens is 322 g/mol. The van der Waals surface area contributed by atoms with E-state index in [9.17, 15) is 4.79 Å². The summed E-state index contributed by atoms with van der Waals surface area (Å²) in [5, 5.41) is 7.90. The lowest BCUT2D eigenvalue weighted by Crippen LogP contribution is -2.28. The van der Waals surface area contributed by atoms with Gasteiger partial charge in [0.2, 0.25) is 5.91 Å². The summed E-state index contributed by atoms with van der Waals surface area (Å²) in [6, 6.07) is 18.3. The molecule has 4 nitrogen and oxygen atoms in total. The van der Waals surface area contributed by atoms with E-state index in [1.165, 1.54) is 5.56 Å². The fourth-order valence-corrected chi connectivity index (χ4v) is 3.22. The average molecular weight is 345 g/mol. The molecule has 0 atom stereocenters. The molecule has 1 saturated carbocycles. The molecule has 0 saturated heterocycles. The van der Waals surface area contributed by atoms with Gasteiger partial charge in [-0.3, -0.25) is 4.79 Å². The lowest BCUT2D eigenvalue weighted by atomic mass is 9.85. The van der Waals surface area contributed by atoms with Crippen molar-refractivity contribution in [1.82, 2.24) is 9.78 Å². The van der Waals surface area contributed by atoms with Gasteiger partial charge < -0.3 is 5.32 Å². The normalized spacial score (nSPS) is 14.1. The summed E-state index contributed by atoms with van der Waals surface area (Å²) in [4.78, 5) is 12.5. The Kier molecular flexibility index (Phi) is 4.33. The van der Waals surface area contributed by atoms with Crippen LogP contribution in [0.4, 0.5) is 5.82 Å². The van der Waals surface area contributed by atoms with Gasteiger partial charge in [-0.25, -0.2) is 4.68 Å². The molecule has 1 aliphatic rings. The van der Waals surface area contributed by atoms with E-state index in [0.717, 1.165) is 47.6 Å². The van der Waals surface area contributed by atoms with E-state index in [0.29, 0.717) is 0 Å². The summed E-state index contributed by atoms with van der Waals surface area (Å²) in [6.45, 7) is 4.13. The molecular formula is C22H23N3O. The molecule has 1 amide bonds. The number of aromatic nitrogens is 2. The van der Waals surface area contributed by atoms with E-state index in [-0.39, 0.29) is 11.8 Å². The molecule has 4 heteroatoms. The summed E-state index contributed by atoms with van der Waals surface area (Å²) in [7, 11) is 0. The quantitative estimate of drug-likeness (QED) is 0.731. The Bertz CT molecular complexity index is 936. The van der Waals surface area contributed by atoms with Crippen LogP contribution in [0.3, 0.4) is 0 Å². The highest BCUT2D eigenvalue weighted by atomic mass is 16.2. The molecule has 132 valence electrons. The number of para-hydroxylation sites is 1. The second-order valence-electron chi connectivity index (χ2n) is 7.10. The monoisotopic (exact) mass is 345 g/mol. The van der Waals surface area contributed by atoms with E-state index in [2.05, 4.69) is 49.5 Å². The minimum Gasteiger partial charge on any atom is -0.310 e. The van der Waals surface area contributed by atoms with Crippen LogP contribution in [-0.4, -0.2) is 15.7 Å². The first kappa shape index (κ1) is 16.6. The van der Waals surface area contributed by atoms with Crippen molar-refractivity contribution < 1.29 is 4.79 Å². The fraction of sp³-hybridized carbons (Fsp3) is 0.273. The topological polar surface area (TPSA) is 46.9 Å². The van der Waals surface area contributed by atoms with Crippen LogP contribution in [0.25, 0.3) is 16.9 Å². The Morgan fingerprint density at radius 1 is 1.08 bits per heavy atom. The number of carbonyl (C=O) groups is 1. The molecule has 2 aromatic carbocycles. The van der Waals surface area contributed by atoms with Gasteiger partial charge in [-0.2, -0.15) is 5.10 Å². The Morgan fingerprint density at radius 3 is 2.46 bits per heavy atom. The van der Waals surface area contributed by atoms with Crippen molar-refractivity contribution in [2.75, 3.05) is 5.32 Å². The molecule has 4 rings (SSSR count). The van der Waals surface area contributed by atoms with Gasteiger partial charge in [0.1, 0.15) is 5.82 Å². The number of benzene rings is 2. The van der Waals surface area contributed by atoms with Crippen molar-refractivity contribution >= 4 is 11.7 Å². The smallest absolute Gasteiger partial charge is 0.228 e. The number of nitrogens with zero attached hydrogens (tertiary/aromatic N) is 2. The number of carbonyl (C=O) groups excluding carboxylic acids is 1. The molecule has 26 heavy (non-hydrogen) atoms. The minimum atomic E-state index is 0.0986. The van der Waals surface area contributed by atoms with Gasteiger partial charge in [0.15, 0.2) is 0 Å². The van der Waals surface area contributed by atoms with Crippen molar-refractivity contribution in [3.63, 3.8) is 0 Å². The van der Waals surface area contributed by atoms with Crippen LogP contribution in [0, 0.1) is 19.8 Å². The molecule has 1 aromatic heterocycles. The molecule has 1 N–H and O–H groups in total. The highest BCUT2D eigenvalue weighted by molar-refractivity contribution is 5.93. The number of nitrogens with one attached hydrogen (secondary N) is 1. The first-order valence-corrected chi connectivity index (χ1v) is 9.16. The van der Waals surface area contributed by atoms with Crippen LogP contribution >= 0.6 is 0 Å². The Hall–Kier alpha value is -2.88. The van der Waals surface area contributed by atoms with Crippen LogP contribution in [0.2, 0.25) is 0 Å². The SMILES string of the molecule is Cc1ccc(-c2cc(NC(=O)C3CCC3)n(-c3ccccc3C)n2)cc1. The second-order valence-corrected chi connectivity index (χ2v) is 7.10. The highest BCUT2D eigenvalue weighted by Gasteiger charge is 2.26. The van der Waals surface area contributed by atoms with Crippen LogP contribution in [0.5, 0.6) is 0 Å². The van der Waals surface area contributed by atoms with Crippen molar-refractivity contribution in [3.05, 3.63) is 65.7 Å². The largest absolute Gasteiger partial charge is 0.310 e. The zero-order valence-corrected chi connectivity index (χ0v) is 15.2. The number of hydrogen-bond donors (Lipinski definition) is 1. The molecule has 1 fully saturated rings. The minimum absolute atomic E-state index is 0.0986. The standard InChI is InChI=1S/C22H23N3O/c1-15-10-12-17(13-11-15)19-14-21(23-22(26)18-7-5-8-18)25(24-19)20-9-4-3-6-16(20)2/h3-4,6,9-14,18H,5,7-8H2,1-2H3,(H,23,26). The number of amides is 1. The van der Waals surface area contributed by atoms with Crippen molar-refractivity contribution in [1.29, 1.82) is 0 Å². The molecule has 0 radical (unpaired) electrons. The second kappa shape index (κ2) is 6.79. The maximum atomic E-state index is 12.5. The Balaban J connectivity index is 1.75. The van der Waals surface area contributed by atoms with E-state index in [1.807, 2.05) is 28.9 Å². The lowest BCUT2D eigenvalue weighted by molar-refractivity contribution is -0.122. The van der Waals surface area contributed by atoms with Gasteiger partial charge in [-0.05, 0) is 38.3 Å². The summed E-state index contributed by atoms with van der Waals surface area (Å²) in [5.41, 5.74) is 5.21. The van der Waals surface area contributed by atoms with Gasteiger partial charge >= 0.3 is 0 Å². The fourth-order valence-electron chi connectivity index (χ4n) is 3.22. The molecule has 0 spiro atoms. The summed E-state index contributed by atoms with van der Waals surface area (Å²) in [6.07, 6.45) is 3.11. The number of aryl methyl sites for hydroxylation is 2. The molecule has 0 bridgehead atoms. The summed E-state index contributed by atoms with van der Waals surface area (Å²) in [5.74, 6) is 0.964. The molecule has 1 heterocycles. The van der Waals surface area contributed by atoms with Crippen LogP contribution in [0.1, 0.15) is 30.4 Å². The highest BCUT2D eigenvalue weighted by Crippen LogP contribution is 2.30. The maximum Gasteiger partial charge on any atom is 0.228 e. The van der Waals surface area contributed by atoms with E-state index in [1.54, 1.807) is 0 Å². The third-order valence-electron chi connectivity index (χ3n) is 5.13. The number of anilines is 1. The summed E-state index contributed by atoms with van der Waals surface area (Å²) >= 11 is 0. The molecule has 1 aliphatic carbocycles. The number of rotatable bonds is 4. The van der Waals surface area contributed by atoms with Gasteiger partial charge in [0, 0.05) is 17.5 Å². The third-order valence-corrected chi connectivity index (χ3v) is 5.13. The van der Waals surface area contributed by atoms with Crippen LogP contribution in [0.15, 0.2) is 54.6 Å². The van der Waals surface area contributed by atoms with Gasteiger partial charge in [-0.15, -0.1) is 0 Å². The van der Waals surface area contributed by atoms with E-state index in [4.69, 9.17) is 5.10 Å². The summed E-state index contributed by atoms with van der Waals surface area (Å²) < 4.78 is 1.85. The van der Waals surface area contributed by atoms with Crippen molar-refractivity contribution in [2.45, 2.75) is 33.1 Å². The van der Waals surface area contributed by atoms with Crippen molar-refractivity contribution in [3.8, 4) is 16.9 Å². The molecule has 0 aliphatic heterocycles. The number of hydrogen-bond acceptors (Lipinski definition) is 2. The molecule has 0 unspecified atom stereocenters. The van der Waals surface area contributed by atoms with Gasteiger partial charge in [0.05, 0.1) is 11.4 Å². The zero-order chi connectivity index (χ0) is 18.1. The third kappa shape index (κ3) is 3.15. The van der Waals surface area contributed by atoms with Crippen LogP contribution < -0.4 is 5.32 Å². The lowest BCUT2D eigenvalue weighted by Gasteiger charge is -2.24. The van der Waals surface area contributed by atoms with Gasteiger partial charge in [0.25, 0.3) is 0 Å². The van der Waals surface area contributed by atoms with Crippen LogP contribution in [-0.2, 0) is 4.79 Å².